The summed E-state index contributed by atoms with van der Waals surface area (Å²) in [5.74, 6) is 1.35. The van der Waals surface area contributed by atoms with Crippen molar-refractivity contribution in [2.75, 3.05) is 25.3 Å². The number of rotatable bonds is 6. The number of hydrogen-bond acceptors (Lipinski definition) is 5. The normalized spacial score (nSPS) is 12.8. The minimum Gasteiger partial charge on any atom is -0.383 e. The van der Waals surface area contributed by atoms with Crippen molar-refractivity contribution >= 4 is 17.6 Å². The molecule has 0 aliphatic heterocycles. The van der Waals surface area contributed by atoms with Gasteiger partial charge >= 0.3 is 0 Å². The highest BCUT2D eigenvalue weighted by atomic mass is 32.2. The van der Waals surface area contributed by atoms with E-state index in [1.54, 1.807) is 25.2 Å². The fourth-order valence-corrected chi connectivity index (χ4v) is 1.68. The zero-order valence-electron chi connectivity index (χ0n) is 10.2. The van der Waals surface area contributed by atoms with Crippen molar-refractivity contribution in [2.45, 2.75) is 24.9 Å². The third kappa shape index (κ3) is 3.98. The van der Waals surface area contributed by atoms with E-state index in [4.69, 9.17) is 4.74 Å². The van der Waals surface area contributed by atoms with Crippen LogP contribution >= 0.6 is 11.8 Å². The fraction of sp³-hybridized carbons (Fsp3) is 0.636. The van der Waals surface area contributed by atoms with Crippen LogP contribution in [0.25, 0.3) is 0 Å². The summed E-state index contributed by atoms with van der Waals surface area (Å²) in [6.45, 7) is 5.00. The quantitative estimate of drug-likeness (QED) is 0.611. The number of nitrogens with one attached hydrogen (secondary N) is 1. The van der Waals surface area contributed by atoms with Crippen LogP contribution in [-0.4, -0.2) is 36.0 Å². The van der Waals surface area contributed by atoms with Gasteiger partial charge in [-0.1, -0.05) is 13.8 Å². The van der Waals surface area contributed by atoms with Crippen molar-refractivity contribution in [3.8, 4) is 0 Å². The van der Waals surface area contributed by atoms with Gasteiger partial charge in [-0.15, -0.1) is 11.8 Å². The van der Waals surface area contributed by atoms with E-state index >= 15 is 0 Å². The molecule has 1 unspecified atom stereocenters. The van der Waals surface area contributed by atoms with E-state index in [0.29, 0.717) is 12.5 Å². The van der Waals surface area contributed by atoms with Crippen LogP contribution in [0.5, 0.6) is 0 Å². The number of anilines is 1. The molecule has 0 spiro atoms. The molecule has 16 heavy (non-hydrogen) atoms. The maximum Gasteiger partial charge on any atom is 0.130 e. The summed E-state index contributed by atoms with van der Waals surface area (Å²) in [6.07, 6.45) is 3.58. The summed E-state index contributed by atoms with van der Waals surface area (Å²) in [5, 5.41) is 4.33. The molecule has 90 valence electrons. The second-order valence-corrected chi connectivity index (χ2v) is 4.72. The van der Waals surface area contributed by atoms with Gasteiger partial charge in [0.15, 0.2) is 0 Å². The van der Waals surface area contributed by atoms with Gasteiger partial charge in [0, 0.05) is 13.2 Å². The van der Waals surface area contributed by atoms with Crippen molar-refractivity contribution in [2.24, 2.45) is 5.92 Å². The van der Waals surface area contributed by atoms with Gasteiger partial charge in [-0.25, -0.2) is 9.97 Å². The Labute approximate surface area is 101 Å². The SMILES string of the molecule is COCC(Nc1cc(SC)ncn1)C(C)C. The molecule has 5 heteroatoms. The van der Waals surface area contributed by atoms with Crippen LogP contribution in [0.1, 0.15) is 13.8 Å². The lowest BCUT2D eigenvalue weighted by Crippen LogP contribution is -2.30. The van der Waals surface area contributed by atoms with Gasteiger partial charge in [0.05, 0.1) is 12.6 Å². The van der Waals surface area contributed by atoms with Gasteiger partial charge in [-0.2, -0.15) is 0 Å². The lowest BCUT2D eigenvalue weighted by molar-refractivity contribution is 0.171. The average Bonchev–Trinajstić information content (AvgIpc) is 2.28. The van der Waals surface area contributed by atoms with E-state index in [9.17, 15) is 0 Å². The molecule has 1 atom stereocenters. The number of aromatic nitrogens is 2. The van der Waals surface area contributed by atoms with E-state index in [2.05, 4.69) is 29.1 Å². The number of nitrogens with zero attached hydrogens (tertiary/aromatic N) is 2. The van der Waals surface area contributed by atoms with E-state index in [-0.39, 0.29) is 6.04 Å². The Morgan fingerprint density at radius 1 is 1.44 bits per heavy atom. The first kappa shape index (κ1) is 13.3. The van der Waals surface area contributed by atoms with Crippen LogP contribution in [-0.2, 0) is 4.74 Å². The predicted molar refractivity (Wildman–Crippen MR) is 67.9 cm³/mol. The number of ether oxygens (including phenoxy) is 1. The zero-order chi connectivity index (χ0) is 12.0. The molecule has 1 N–H and O–H groups in total. The van der Waals surface area contributed by atoms with Crippen LogP contribution in [0, 0.1) is 5.92 Å². The van der Waals surface area contributed by atoms with Crippen molar-refractivity contribution in [1.29, 1.82) is 0 Å². The molecule has 0 aliphatic carbocycles. The number of thioether (sulfide) groups is 1. The van der Waals surface area contributed by atoms with Crippen LogP contribution < -0.4 is 5.32 Å². The molecular formula is C11H19N3OS. The number of methoxy groups -OCH3 is 1. The van der Waals surface area contributed by atoms with Crippen molar-refractivity contribution < 1.29 is 4.74 Å². The molecule has 1 aromatic rings. The molecule has 0 saturated heterocycles. The van der Waals surface area contributed by atoms with Crippen molar-refractivity contribution in [3.63, 3.8) is 0 Å². The van der Waals surface area contributed by atoms with E-state index in [1.807, 2.05) is 12.3 Å². The van der Waals surface area contributed by atoms with Crippen LogP contribution in [0.4, 0.5) is 5.82 Å². The van der Waals surface area contributed by atoms with E-state index < -0.39 is 0 Å². The zero-order valence-corrected chi connectivity index (χ0v) is 11.0. The Hall–Kier alpha value is -0.810. The lowest BCUT2D eigenvalue weighted by Gasteiger charge is -2.22. The largest absolute Gasteiger partial charge is 0.383 e. The predicted octanol–water partition coefficient (Wildman–Crippen LogP) is 2.28. The maximum atomic E-state index is 5.18. The van der Waals surface area contributed by atoms with Crippen LogP contribution in [0.3, 0.4) is 0 Å². The summed E-state index contributed by atoms with van der Waals surface area (Å²) in [5.41, 5.74) is 0. The molecule has 4 nitrogen and oxygen atoms in total. The summed E-state index contributed by atoms with van der Waals surface area (Å²) in [6, 6.07) is 2.23. The Balaban J connectivity index is 2.68. The Kier molecular flexibility index (Phi) is 5.55. The highest BCUT2D eigenvalue weighted by Gasteiger charge is 2.13. The topological polar surface area (TPSA) is 47.0 Å². The average molecular weight is 241 g/mol. The summed E-state index contributed by atoms with van der Waals surface area (Å²) >= 11 is 1.61. The molecule has 0 radical (unpaired) electrons. The minimum atomic E-state index is 0.273. The second kappa shape index (κ2) is 6.70. The monoisotopic (exact) mass is 241 g/mol. The molecular weight excluding hydrogens is 222 g/mol. The second-order valence-electron chi connectivity index (χ2n) is 3.90. The maximum absolute atomic E-state index is 5.18. The Morgan fingerprint density at radius 2 is 2.19 bits per heavy atom. The molecule has 0 bridgehead atoms. The third-order valence-corrected chi connectivity index (χ3v) is 2.98. The molecule has 0 saturated carbocycles. The first-order chi connectivity index (χ1) is 7.67. The van der Waals surface area contributed by atoms with Crippen LogP contribution in [0.15, 0.2) is 17.4 Å². The van der Waals surface area contributed by atoms with Crippen molar-refractivity contribution in [3.05, 3.63) is 12.4 Å². The van der Waals surface area contributed by atoms with Gasteiger partial charge in [0.25, 0.3) is 0 Å². The van der Waals surface area contributed by atoms with Gasteiger partial charge in [0.2, 0.25) is 0 Å². The highest BCUT2D eigenvalue weighted by Crippen LogP contribution is 2.16. The first-order valence-electron chi connectivity index (χ1n) is 5.29. The van der Waals surface area contributed by atoms with Crippen LogP contribution in [0.2, 0.25) is 0 Å². The summed E-state index contributed by atoms with van der Waals surface area (Å²) in [7, 11) is 1.71. The first-order valence-corrected chi connectivity index (χ1v) is 6.51. The third-order valence-electron chi connectivity index (χ3n) is 2.34. The molecule has 1 aromatic heterocycles. The molecule has 0 aliphatic rings. The highest BCUT2D eigenvalue weighted by molar-refractivity contribution is 7.98. The van der Waals surface area contributed by atoms with Gasteiger partial charge in [-0.05, 0) is 12.2 Å². The smallest absolute Gasteiger partial charge is 0.130 e. The molecule has 0 aromatic carbocycles. The molecule has 1 rings (SSSR count). The number of hydrogen-bond donors (Lipinski definition) is 1. The van der Waals surface area contributed by atoms with Crippen molar-refractivity contribution in [1.82, 2.24) is 9.97 Å². The van der Waals surface area contributed by atoms with Gasteiger partial charge < -0.3 is 10.1 Å². The molecule has 0 fully saturated rings. The Morgan fingerprint density at radius 3 is 2.75 bits per heavy atom. The molecule has 0 amide bonds. The molecule has 1 heterocycles. The summed E-state index contributed by atoms with van der Waals surface area (Å²) < 4.78 is 5.18. The van der Waals surface area contributed by atoms with E-state index in [0.717, 1.165) is 10.8 Å². The Bertz CT molecular complexity index is 320. The van der Waals surface area contributed by atoms with E-state index in [1.165, 1.54) is 0 Å². The fourth-order valence-electron chi connectivity index (χ4n) is 1.30. The van der Waals surface area contributed by atoms with Gasteiger partial charge in [-0.3, -0.25) is 0 Å². The summed E-state index contributed by atoms with van der Waals surface area (Å²) in [4.78, 5) is 8.34. The minimum absolute atomic E-state index is 0.273. The standard InChI is InChI=1S/C11H19N3OS/c1-8(2)9(6-15-3)14-10-5-11(16-4)13-7-12-10/h5,7-9H,6H2,1-4H3,(H,12,13,14). The lowest BCUT2D eigenvalue weighted by atomic mass is 10.1. The van der Waals surface area contributed by atoms with Gasteiger partial charge in [0.1, 0.15) is 17.2 Å².